The number of anilines is 1. The van der Waals surface area contributed by atoms with Crippen LogP contribution in [0.3, 0.4) is 0 Å². The molecule has 1 N–H and O–H groups in total. The van der Waals surface area contributed by atoms with Gasteiger partial charge in [-0.2, -0.15) is 0 Å². The summed E-state index contributed by atoms with van der Waals surface area (Å²) in [5.41, 5.74) is 0.899. The van der Waals surface area contributed by atoms with E-state index in [2.05, 4.69) is 10.4 Å². The smallest absolute Gasteiger partial charge is 0.261 e. The van der Waals surface area contributed by atoms with E-state index < -0.39 is 0 Å². The van der Waals surface area contributed by atoms with Crippen molar-refractivity contribution in [3.63, 3.8) is 0 Å². The van der Waals surface area contributed by atoms with Gasteiger partial charge in [0.15, 0.2) is 0 Å². The van der Waals surface area contributed by atoms with Crippen molar-refractivity contribution in [1.82, 2.24) is 14.7 Å². The Bertz CT molecular complexity index is 741. The van der Waals surface area contributed by atoms with E-state index in [0.717, 1.165) is 0 Å². The molecule has 0 unspecified atom stereocenters. The van der Waals surface area contributed by atoms with Gasteiger partial charge in [-0.15, -0.1) is 5.10 Å². The van der Waals surface area contributed by atoms with Crippen molar-refractivity contribution in [2.45, 2.75) is 0 Å². The molecule has 0 fully saturated rings. The molecular formula is C16H20N4O4. The first-order chi connectivity index (χ1) is 11.4. The molecule has 24 heavy (non-hydrogen) atoms. The molecule has 0 aliphatic carbocycles. The molecule has 0 bridgehead atoms. The number of aryl methyl sites for hydroxylation is 1. The SMILES string of the molecule is COc1cccc(NC(=O)CN(C)C(=O)c2cn(C)nc2OC)c1. The summed E-state index contributed by atoms with van der Waals surface area (Å²) in [6.45, 7) is -0.103. The molecule has 1 aromatic heterocycles. The summed E-state index contributed by atoms with van der Waals surface area (Å²) >= 11 is 0. The topological polar surface area (TPSA) is 85.7 Å². The molecule has 0 atom stereocenters. The maximum Gasteiger partial charge on any atom is 0.261 e. The van der Waals surface area contributed by atoms with Crippen LogP contribution in [-0.4, -0.2) is 54.3 Å². The van der Waals surface area contributed by atoms with E-state index in [1.165, 1.54) is 16.7 Å². The summed E-state index contributed by atoms with van der Waals surface area (Å²) in [6, 6.07) is 6.99. The number of carbonyl (C=O) groups is 2. The maximum atomic E-state index is 12.4. The van der Waals surface area contributed by atoms with Crippen LogP contribution in [0.4, 0.5) is 5.69 Å². The van der Waals surface area contributed by atoms with Gasteiger partial charge in [0, 0.05) is 32.0 Å². The highest BCUT2D eigenvalue weighted by atomic mass is 16.5. The number of methoxy groups -OCH3 is 2. The number of hydrogen-bond donors (Lipinski definition) is 1. The van der Waals surface area contributed by atoms with E-state index in [1.807, 2.05) is 0 Å². The minimum absolute atomic E-state index is 0.103. The van der Waals surface area contributed by atoms with E-state index in [4.69, 9.17) is 9.47 Å². The third-order valence-electron chi connectivity index (χ3n) is 3.30. The van der Waals surface area contributed by atoms with E-state index in [-0.39, 0.29) is 24.2 Å². The second kappa shape index (κ2) is 7.49. The molecule has 0 radical (unpaired) electrons. The van der Waals surface area contributed by atoms with Gasteiger partial charge in [-0.25, -0.2) is 0 Å². The number of likely N-dealkylation sites (N-methyl/N-ethyl adjacent to an activating group) is 1. The van der Waals surface area contributed by atoms with Crippen molar-refractivity contribution in [3.05, 3.63) is 36.0 Å². The van der Waals surface area contributed by atoms with Gasteiger partial charge in [0.1, 0.15) is 11.3 Å². The molecule has 1 heterocycles. The summed E-state index contributed by atoms with van der Waals surface area (Å²) in [5, 5.41) is 6.75. The monoisotopic (exact) mass is 332 g/mol. The molecule has 2 aromatic rings. The molecule has 1 aromatic carbocycles. The minimum atomic E-state index is -0.347. The number of carbonyl (C=O) groups excluding carboxylic acids is 2. The van der Waals surface area contributed by atoms with Crippen molar-refractivity contribution in [1.29, 1.82) is 0 Å². The highest BCUT2D eigenvalue weighted by Crippen LogP contribution is 2.18. The van der Waals surface area contributed by atoms with Crippen LogP contribution < -0.4 is 14.8 Å². The van der Waals surface area contributed by atoms with E-state index >= 15 is 0 Å². The summed E-state index contributed by atoms with van der Waals surface area (Å²) in [7, 11) is 6.22. The Morgan fingerprint density at radius 3 is 2.71 bits per heavy atom. The molecule has 0 aliphatic heterocycles. The number of rotatable bonds is 6. The number of nitrogens with one attached hydrogen (secondary N) is 1. The van der Waals surface area contributed by atoms with Gasteiger partial charge in [-0.05, 0) is 12.1 Å². The van der Waals surface area contributed by atoms with Crippen LogP contribution in [-0.2, 0) is 11.8 Å². The zero-order valence-electron chi connectivity index (χ0n) is 14.1. The molecule has 8 heteroatoms. The summed E-state index contributed by atoms with van der Waals surface area (Å²) in [6.07, 6.45) is 1.55. The van der Waals surface area contributed by atoms with E-state index in [9.17, 15) is 9.59 Å². The average Bonchev–Trinajstić information content (AvgIpc) is 2.94. The molecule has 0 spiro atoms. The first-order valence-electron chi connectivity index (χ1n) is 7.21. The first-order valence-corrected chi connectivity index (χ1v) is 7.21. The summed E-state index contributed by atoms with van der Waals surface area (Å²) < 4.78 is 11.7. The zero-order valence-corrected chi connectivity index (χ0v) is 14.1. The first kappa shape index (κ1) is 17.3. The van der Waals surface area contributed by atoms with Gasteiger partial charge in [0.2, 0.25) is 11.8 Å². The summed E-state index contributed by atoms with van der Waals surface area (Å²) in [5.74, 6) is 0.197. The zero-order chi connectivity index (χ0) is 17.7. The normalized spacial score (nSPS) is 10.2. The summed E-state index contributed by atoms with van der Waals surface area (Å²) in [4.78, 5) is 25.8. The van der Waals surface area contributed by atoms with Gasteiger partial charge in [-0.3, -0.25) is 14.3 Å². The maximum absolute atomic E-state index is 12.4. The van der Waals surface area contributed by atoms with Crippen LogP contribution in [0.5, 0.6) is 11.6 Å². The van der Waals surface area contributed by atoms with Crippen LogP contribution in [0.15, 0.2) is 30.5 Å². The van der Waals surface area contributed by atoms with Crippen LogP contribution in [0.1, 0.15) is 10.4 Å². The largest absolute Gasteiger partial charge is 0.497 e. The lowest BCUT2D eigenvalue weighted by Crippen LogP contribution is -2.35. The minimum Gasteiger partial charge on any atom is -0.497 e. The Morgan fingerprint density at radius 1 is 1.29 bits per heavy atom. The molecule has 0 aliphatic rings. The fourth-order valence-corrected chi connectivity index (χ4v) is 2.16. The number of benzene rings is 1. The third kappa shape index (κ3) is 4.03. The van der Waals surface area contributed by atoms with Crippen molar-refractivity contribution in [2.75, 3.05) is 33.1 Å². The number of amides is 2. The van der Waals surface area contributed by atoms with Crippen LogP contribution >= 0.6 is 0 Å². The average molecular weight is 332 g/mol. The van der Waals surface area contributed by atoms with Crippen molar-refractivity contribution >= 4 is 17.5 Å². The molecule has 2 rings (SSSR count). The predicted octanol–water partition coefficient (Wildman–Crippen LogP) is 1.15. The number of aromatic nitrogens is 2. The van der Waals surface area contributed by atoms with Crippen molar-refractivity contribution in [2.24, 2.45) is 7.05 Å². The lowest BCUT2D eigenvalue weighted by atomic mass is 10.3. The highest BCUT2D eigenvalue weighted by Gasteiger charge is 2.21. The van der Waals surface area contributed by atoms with E-state index in [1.54, 1.807) is 51.7 Å². The highest BCUT2D eigenvalue weighted by molar-refractivity contribution is 6.00. The third-order valence-corrected chi connectivity index (χ3v) is 3.30. The number of hydrogen-bond acceptors (Lipinski definition) is 5. The number of nitrogens with zero attached hydrogens (tertiary/aromatic N) is 3. The Labute approximate surface area is 140 Å². The Hall–Kier alpha value is -3.03. The predicted molar refractivity (Wildman–Crippen MR) is 88.3 cm³/mol. The van der Waals surface area contributed by atoms with Gasteiger partial charge in [-0.1, -0.05) is 6.07 Å². The second-order valence-corrected chi connectivity index (χ2v) is 5.17. The van der Waals surface area contributed by atoms with Crippen LogP contribution in [0, 0.1) is 0 Å². The van der Waals surface area contributed by atoms with E-state index in [0.29, 0.717) is 17.0 Å². The molecule has 128 valence electrons. The van der Waals surface area contributed by atoms with Gasteiger partial charge >= 0.3 is 0 Å². The Kier molecular flexibility index (Phi) is 5.41. The quantitative estimate of drug-likeness (QED) is 0.857. The lowest BCUT2D eigenvalue weighted by Gasteiger charge is -2.16. The molecule has 8 nitrogen and oxygen atoms in total. The molecule has 2 amide bonds. The molecule has 0 saturated carbocycles. The van der Waals surface area contributed by atoms with Crippen molar-refractivity contribution in [3.8, 4) is 11.6 Å². The standard InChI is InChI=1S/C16H20N4O4/c1-19(16(22)13-9-20(2)18-15(13)24-4)10-14(21)17-11-6-5-7-12(8-11)23-3/h5-9H,10H2,1-4H3,(H,17,21). The van der Waals surface area contributed by atoms with Crippen LogP contribution in [0.2, 0.25) is 0 Å². The molecule has 0 saturated heterocycles. The Balaban J connectivity index is 2.01. The fourth-order valence-electron chi connectivity index (χ4n) is 2.16. The fraction of sp³-hybridized carbons (Fsp3) is 0.312. The number of ether oxygens (including phenoxy) is 2. The lowest BCUT2D eigenvalue weighted by molar-refractivity contribution is -0.116. The molecular weight excluding hydrogens is 312 g/mol. The second-order valence-electron chi connectivity index (χ2n) is 5.17. The van der Waals surface area contributed by atoms with Gasteiger partial charge < -0.3 is 19.7 Å². The van der Waals surface area contributed by atoms with Crippen molar-refractivity contribution < 1.29 is 19.1 Å². The van der Waals surface area contributed by atoms with Gasteiger partial charge in [0.25, 0.3) is 5.91 Å². The van der Waals surface area contributed by atoms with Crippen LogP contribution in [0.25, 0.3) is 0 Å². The Morgan fingerprint density at radius 2 is 2.04 bits per heavy atom. The van der Waals surface area contributed by atoms with Gasteiger partial charge in [0.05, 0.1) is 20.8 Å².